The summed E-state index contributed by atoms with van der Waals surface area (Å²) in [5.74, 6) is 0.130. The van der Waals surface area contributed by atoms with Crippen molar-refractivity contribution in [3.8, 4) is 0 Å². The van der Waals surface area contributed by atoms with Crippen LogP contribution in [0.1, 0.15) is 17.0 Å². The SMILES string of the molecule is Cc1cc([N+](=O)[O-])c(S(=O)(=O)NCc2nn[nH]n2)cc1C. The van der Waals surface area contributed by atoms with Gasteiger partial charge in [-0.1, -0.05) is 5.21 Å². The zero-order valence-electron chi connectivity index (χ0n) is 11.2. The smallest absolute Gasteiger partial charge is 0.258 e. The lowest BCUT2D eigenvalue weighted by atomic mass is 10.1. The molecule has 0 amide bonds. The summed E-state index contributed by atoms with van der Waals surface area (Å²) >= 11 is 0. The molecule has 0 unspecified atom stereocenters. The Bertz CT molecular complexity index is 771. The van der Waals surface area contributed by atoms with E-state index < -0.39 is 20.6 Å². The first-order valence-electron chi connectivity index (χ1n) is 5.79. The summed E-state index contributed by atoms with van der Waals surface area (Å²) in [6, 6.07) is 2.50. The third-order valence-corrected chi connectivity index (χ3v) is 4.30. The summed E-state index contributed by atoms with van der Waals surface area (Å²) in [7, 11) is -4.06. The van der Waals surface area contributed by atoms with E-state index in [1.165, 1.54) is 12.1 Å². The summed E-state index contributed by atoms with van der Waals surface area (Å²) in [6.07, 6.45) is 0. The Morgan fingerprint density at radius 3 is 2.57 bits per heavy atom. The monoisotopic (exact) mass is 312 g/mol. The normalized spacial score (nSPS) is 11.5. The Kier molecular flexibility index (Phi) is 3.95. The molecular formula is C10H12N6O4S. The Morgan fingerprint density at radius 1 is 1.33 bits per heavy atom. The average molecular weight is 312 g/mol. The van der Waals surface area contributed by atoms with Gasteiger partial charge in [-0.2, -0.15) is 5.21 Å². The van der Waals surface area contributed by atoms with Gasteiger partial charge in [0.15, 0.2) is 10.7 Å². The Hall–Kier alpha value is -2.40. The number of benzene rings is 1. The van der Waals surface area contributed by atoms with Crippen molar-refractivity contribution in [1.82, 2.24) is 25.3 Å². The number of tetrazole rings is 1. The number of hydrogen-bond acceptors (Lipinski definition) is 7. The second-order valence-corrected chi connectivity index (χ2v) is 6.05. The van der Waals surface area contributed by atoms with Crippen LogP contribution in [0.4, 0.5) is 5.69 Å². The van der Waals surface area contributed by atoms with Crippen molar-refractivity contribution in [2.45, 2.75) is 25.3 Å². The molecule has 0 aliphatic carbocycles. The molecule has 0 aliphatic heterocycles. The molecule has 0 saturated heterocycles. The third-order valence-electron chi connectivity index (χ3n) is 2.87. The number of nitrogens with one attached hydrogen (secondary N) is 2. The average Bonchev–Trinajstić information content (AvgIpc) is 2.92. The van der Waals surface area contributed by atoms with E-state index in [1.54, 1.807) is 13.8 Å². The fourth-order valence-corrected chi connectivity index (χ4v) is 2.84. The van der Waals surface area contributed by atoms with Crippen molar-refractivity contribution in [3.63, 3.8) is 0 Å². The largest absolute Gasteiger partial charge is 0.289 e. The molecule has 0 radical (unpaired) electrons. The summed E-state index contributed by atoms with van der Waals surface area (Å²) < 4.78 is 26.6. The Morgan fingerprint density at radius 2 is 2.00 bits per heavy atom. The second kappa shape index (κ2) is 5.54. The highest BCUT2D eigenvalue weighted by molar-refractivity contribution is 7.89. The van der Waals surface area contributed by atoms with E-state index in [-0.39, 0.29) is 17.3 Å². The van der Waals surface area contributed by atoms with Gasteiger partial charge in [0.25, 0.3) is 5.69 Å². The lowest BCUT2D eigenvalue weighted by molar-refractivity contribution is -0.387. The minimum atomic E-state index is -4.06. The van der Waals surface area contributed by atoms with Crippen molar-refractivity contribution in [2.75, 3.05) is 0 Å². The van der Waals surface area contributed by atoms with Gasteiger partial charge in [0, 0.05) is 6.07 Å². The van der Waals surface area contributed by atoms with Crippen LogP contribution in [0.2, 0.25) is 0 Å². The number of aryl methyl sites for hydroxylation is 2. The number of nitro groups is 1. The van der Waals surface area contributed by atoms with Gasteiger partial charge < -0.3 is 0 Å². The van der Waals surface area contributed by atoms with E-state index in [4.69, 9.17) is 0 Å². The molecular weight excluding hydrogens is 300 g/mol. The minimum Gasteiger partial charge on any atom is -0.258 e. The molecule has 0 bridgehead atoms. The first-order chi connectivity index (χ1) is 9.81. The van der Waals surface area contributed by atoms with Crippen LogP contribution in [-0.2, 0) is 16.6 Å². The Balaban J connectivity index is 2.39. The molecule has 10 nitrogen and oxygen atoms in total. The topological polar surface area (TPSA) is 144 Å². The van der Waals surface area contributed by atoms with Crippen molar-refractivity contribution >= 4 is 15.7 Å². The predicted molar refractivity (Wildman–Crippen MR) is 70.8 cm³/mol. The molecule has 0 saturated carbocycles. The summed E-state index contributed by atoms with van der Waals surface area (Å²) in [5.41, 5.74) is 0.804. The van der Waals surface area contributed by atoms with E-state index in [9.17, 15) is 18.5 Å². The van der Waals surface area contributed by atoms with E-state index in [0.29, 0.717) is 11.1 Å². The summed E-state index contributed by atoms with van der Waals surface area (Å²) in [4.78, 5) is 9.92. The first-order valence-corrected chi connectivity index (χ1v) is 7.27. The van der Waals surface area contributed by atoms with E-state index in [0.717, 1.165) is 0 Å². The van der Waals surface area contributed by atoms with Crippen molar-refractivity contribution in [2.24, 2.45) is 0 Å². The highest BCUT2D eigenvalue weighted by atomic mass is 32.2. The zero-order chi connectivity index (χ0) is 15.6. The summed E-state index contributed by atoms with van der Waals surface area (Å²) in [6.45, 7) is 3.13. The highest BCUT2D eigenvalue weighted by Gasteiger charge is 2.26. The van der Waals surface area contributed by atoms with E-state index >= 15 is 0 Å². The molecule has 11 heteroatoms. The van der Waals surface area contributed by atoms with Gasteiger partial charge in [0.2, 0.25) is 10.0 Å². The highest BCUT2D eigenvalue weighted by Crippen LogP contribution is 2.27. The van der Waals surface area contributed by atoms with Crippen molar-refractivity contribution in [1.29, 1.82) is 0 Å². The number of nitrogens with zero attached hydrogens (tertiary/aromatic N) is 4. The Labute approximate surface area is 119 Å². The fourth-order valence-electron chi connectivity index (χ4n) is 1.63. The van der Waals surface area contributed by atoms with Crippen LogP contribution in [0.25, 0.3) is 0 Å². The van der Waals surface area contributed by atoms with Gasteiger partial charge in [-0.05, 0) is 31.0 Å². The molecule has 1 aromatic carbocycles. The molecule has 112 valence electrons. The van der Waals surface area contributed by atoms with Crippen molar-refractivity contribution in [3.05, 3.63) is 39.2 Å². The van der Waals surface area contributed by atoms with Crippen LogP contribution in [0.15, 0.2) is 17.0 Å². The molecule has 1 heterocycles. The maximum Gasteiger partial charge on any atom is 0.289 e. The molecule has 21 heavy (non-hydrogen) atoms. The number of nitro benzene ring substituents is 1. The lowest BCUT2D eigenvalue weighted by Crippen LogP contribution is -2.25. The second-order valence-electron chi connectivity index (χ2n) is 4.31. The van der Waals surface area contributed by atoms with Crippen molar-refractivity contribution < 1.29 is 13.3 Å². The molecule has 2 N–H and O–H groups in total. The molecule has 2 rings (SSSR count). The number of sulfonamides is 1. The van der Waals surface area contributed by atoms with Gasteiger partial charge >= 0.3 is 0 Å². The van der Waals surface area contributed by atoms with Gasteiger partial charge in [-0.25, -0.2) is 13.1 Å². The van der Waals surface area contributed by atoms with Crippen LogP contribution in [0.3, 0.4) is 0 Å². The number of aromatic amines is 1. The van der Waals surface area contributed by atoms with Gasteiger partial charge in [-0.15, -0.1) is 10.2 Å². The lowest BCUT2D eigenvalue weighted by Gasteiger charge is -2.08. The maximum absolute atomic E-state index is 12.2. The maximum atomic E-state index is 12.2. The number of H-pyrrole nitrogens is 1. The quantitative estimate of drug-likeness (QED) is 0.592. The molecule has 0 aliphatic rings. The molecule has 0 atom stereocenters. The third kappa shape index (κ3) is 3.20. The fraction of sp³-hybridized carbons (Fsp3) is 0.300. The van der Waals surface area contributed by atoms with Crippen LogP contribution in [0.5, 0.6) is 0 Å². The molecule has 0 spiro atoms. The minimum absolute atomic E-state index is 0.130. The number of rotatable bonds is 5. The molecule has 0 fully saturated rings. The first kappa shape index (κ1) is 15.0. The standard InChI is InChI=1S/C10H12N6O4S/c1-6-3-8(16(17)18)9(4-7(6)2)21(19,20)11-5-10-12-14-15-13-10/h3-4,11H,5H2,1-2H3,(H,12,13,14,15). The van der Waals surface area contributed by atoms with E-state index in [1.807, 2.05) is 0 Å². The van der Waals surface area contributed by atoms with Gasteiger partial charge in [0.1, 0.15) is 0 Å². The molecule has 2 aromatic rings. The van der Waals surface area contributed by atoms with Crippen LogP contribution in [0, 0.1) is 24.0 Å². The van der Waals surface area contributed by atoms with Gasteiger partial charge in [0.05, 0.1) is 11.5 Å². The van der Waals surface area contributed by atoms with Crippen LogP contribution < -0.4 is 4.72 Å². The zero-order valence-corrected chi connectivity index (χ0v) is 12.0. The number of aromatic nitrogens is 4. The van der Waals surface area contributed by atoms with Crippen LogP contribution in [-0.4, -0.2) is 34.0 Å². The number of hydrogen-bond donors (Lipinski definition) is 2. The summed E-state index contributed by atoms with van der Waals surface area (Å²) in [5, 5.41) is 23.7. The van der Waals surface area contributed by atoms with Crippen LogP contribution >= 0.6 is 0 Å². The molecule has 1 aromatic heterocycles. The predicted octanol–water partition coefficient (Wildman–Crippen LogP) is 0.203. The van der Waals surface area contributed by atoms with Gasteiger partial charge in [-0.3, -0.25) is 10.1 Å². The van der Waals surface area contributed by atoms with E-state index in [2.05, 4.69) is 25.3 Å².